The third kappa shape index (κ3) is 59.5. The first kappa shape index (κ1) is 76.9. The molecule has 0 aromatic rings. The first-order valence-corrected chi connectivity index (χ1v) is 34.5. The number of amides is 1. The van der Waals surface area contributed by atoms with Crippen molar-refractivity contribution in [2.75, 3.05) is 40.9 Å². The van der Waals surface area contributed by atoms with Crippen LogP contribution in [0.25, 0.3) is 0 Å². The van der Waals surface area contributed by atoms with Crippen molar-refractivity contribution in [2.24, 2.45) is 0 Å². The lowest BCUT2D eigenvalue weighted by Gasteiger charge is -2.30. The number of nitrogens with zero attached hydrogens (tertiary/aromatic N) is 1. The van der Waals surface area contributed by atoms with Gasteiger partial charge in [-0.15, -0.1) is 0 Å². The normalized spacial score (nSPS) is 14.2. The van der Waals surface area contributed by atoms with Gasteiger partial charge in [-0.3, -0.25) is 14.2 Å². The maximum Gasteiger partial charge on any atom is 0.306 e. The molecule has 0 aliphatic heterocycles. The summed E-state index contributed by atoms with van der Waals surface area (Å²) in [6, 6.07) is -0.904. The SMILES string of the molecule is CC/C=C\C/C=C\C/C=C\C/C=C\C/C=C\C/C=C\CCCCCCCCC(=O)OC(/C=C\CCCCCCCCCCCCC)C(COP(=O)([O-])OCC[N+](C)(C)C)NC(=O)CCCCCCC/C=C/CCCCCCCCC. The van der Waals surface area contributed by atoms with Crippen LogP contribution in [0.2, 0.25) is 0 Å². The zero-order valence-electron chi connectivity index (χ0n) is 52.8. The van der Waals surface area contributed by atoms with Gasteiger partial charge in [0, 0.05) is 12.8 Å². The van der Waals surface area contributed by atoms with E-state index in [1.165, 1.54) is 109 Å². The Morgan fingerprint density at radius 2 is 0.800 bits per heavy atom. The molecular weight excluding hydrogens is 1010 g/mol. The van der Waals surface area contributed by atoms with Gasteiger partial charge < -0.3 is 28.5 Å². The Bertz CT molecular complexity index is 1690. The molecule has 0 aliphatic carbocycles. The standard InChI is InChI=1S/C70H125N2O7P/c1-7-10-13-16-19-22-25-28-30-32-33-34-35-36-37-38-39-40-42-45-48-51-54-57-60-63-70(74)79-68(61-58-55-52-49-46-43-27-24-21-18-15-12-9-3)67(66-78-80(75,76)77-65-64-72(4,5)6)71-69(73)62-59-56-53-50-47-44-41-31-29-26-23-20-17-14-11-8-2/h10,13,19,22,28,30-31,33-34,36-37,39-41,58,61,67-68H,7-9,11-12,14-18,20-21,23-27,29,32,35,38,42-57,59-60,62-66H2,1-6H3,(H-,71,73,75,76)/b13-10-,22-19-,30-28-,34-33-,37-36-,40-39-,41-31+,61-58-. The molecule has 0 spiro atoms. The number of hydrogen-bond donors (Lipinski definition) is 1. The van der Waals surface area contributed by atoms with Crippen LogP contribution in [0.1, 0.15) is 284 Å². The molecule has 10 heteroatoms. The highest BCUT2D eigenvalue weighted by Crippen LogP contribution is 2.38. The molecule has 3 atom stereocenters. The van der Waals surface area contributed by atoms with E-state index in [1.807, 2.05) is 33.3 Å². The van der Waals surface area contributed by atoms with Crippen LogP contribution < -0.4 is 10.2 Å². The summed E-state index contributed by atoms with van der Waals surface area (Å²) in [5.74, 6) is -0.567. The number of allylic oxidation sites excluding steroid dienone is 15. The number of ether oxygens (including phenoxy) is 1. The van der Waals surface area contributed by atoms with Crippen molar-refractivity contribution >= 4 is 19.7 Å². The van der Waals surface area contributed by atoms with E-state index in [0.29, 0.717) is 23.9 Å². The van der Waals surface area contributed by atoms with E-state index in [0.717, 1.165) is 135 Å². The monoisotopic (exact) mass is 1140 g/mol. The number of quaternary nitrogens is 1. The lowest BCUT2D eigenvalue weighted by molar-refractivity contribution is -0.870. The molecule has 462 valence electrons. The fourth-order valence-corrected chi connectivity index (χ4v) is 9.89. The number of phosphoric acid groups is 1. The van der Waals surface area contributed by atoms with E-state index in [1.54, 1.807) is 0 Å². The Morgan fingerprint density at radius 3 is 1.21 bits per heavy atom. The van der Waals surface area contributed by atoms with Crippen LogP contribution in [0, 0.1) is 0 Å². The molecule has 0 saturated carbocycles. The molecule has 0 radical (unpaired) electrons. The van der Waals surface area contributed by atoms with Gasteiger partial charge in [0.15, 0.2) is 0 Å². The summed E-state index contributed by atoms with van der Waals surface area (Å²) >= 11 is 0. The van der Waals surface area contributed by atoms with Crippen LogP contribution in [-0.2, 0) is 27.9 Å². The second-order valence-electron chi connectivity index (χ2n) is 23.2. The average molecular weight is 1140 g/mol. The Balaban J connectivity index is 5.23. The van der Waals surface area contributed by atoms with Crippen LogP contribution >= 0.6 is 7.82 Å². The van der Waals surface area contributed by atoms with Crippen molar-refractivity contribution in [1.82, 2.24) is 5.32 Å². The van der Waals surface area contributed by atoms with E-state index in [-0.39, 0.29) is 24.9 Å². The summed E-state index contributed by atoms with van der Waals surface area (Å²) in [4.78, 5) is 40.1. The fraction of sp³-hybridized carbons (Fsp3) is 0.743. The molecule has 0 aromatic heterocycles. The summed E-state index contributed by atoms with van der Waals surface area (Å²) in [6.45, 7) is 6.72. The average Bonchev–Trinajstić information content (AvgIpc) is 3.42. The predicted octanol–water partition coefficient (Wildman–Crippen LogP) is 20.1. The lowest BCUT2D eigenvalue weighted by atomic mass is 10.0. The van der Waals surface area contributed by atoms with Gasteiger partial charge in [0.25, 0.3) is 7.82 Å². The first-order chi connectivity index (χ1) is 38.9. The van der Waals surface area contributed by atoms with Gasteiger partial charge in [-0.2, -0.15) is 0 Å². The van der Waals surface area contributed by atoms with E-state index in [9.17, 15) is 19.0 Å². The molecular formula is C70H125N2O7P. The third-order valence-electron chi connectivity index (χ3n) is 14.2. The number of phosphoric ester groups is 1. The van der Waals surface area contributed by atoms with Gasteiger partial charge in [-0.1, -0.05) is 260 Å². The molecule has 0 aromatic carbocycles. The Labute approximate surface area is 494 Å². The van der Waals surface area contributed by atoms with Crippen LogP contribution in [0.3, 0.4) is 0 Å². The second kappa shape index (κ2) is 59.1. The van der Waals surface area contributed by atoms with E-state index < -0.39 is 26.6 Å². The quantitative estimate of drug-likeness (QED) is 0.0212. The number of rotatable bonds is 59. The topological polar surface area (TPSA) is 114 Å². The molecule has 3 unspecified atom stereocenters. The molecule has 1 N–H and O–H groups in total. The van der Waals surface area contributed by atoms with Crippen molar-refractivity contribution in [3.63, 3.8) is 0 Å². The Morgan fingerprint density at radius 1 is 0.450 bits per heavy atom. The summed E-state index contributed by atoms with van der Waals surface area (Å²) in [6.07, 6.45) is 79.4. The van der Waals surface area contributed by atoms with Crippen molar-refractivity contribution in [2.45, 2.75) is 296 Å². The molecule has 1 amide bonds. The maximum atomic E-state index is 13.5. The number of esters is 1. The number of nitrogens with one attached hydrogen (secondary N) is 1. The van der Waals surface area contributed by atoms with Crippen molar-refractivity contribution < 1.29 is 37.3 Å². The third-order valence-corrected chi connectivity index (χ3v) is 15.2. The van der Waals surface area contributed by atoms with E-state index >= 15 is 0 Å². The van der Waals surface area contributed by atoms with Crippen molar-refractivity contribution in [3.8, 4) is 0 Å². The highest BCUT2D eigenvalue weighted by Gasteiger charge is 2.27. The molecule has 0 rings (SSSR count). The van der Waals surface area contributed by atoms with Crippen molar-refractivity contribution in [1.29, 1.82) is 0 Å². The Kier molecular flexibility index (Phi) is 56.8. The van der Waals surface area contributed by atoms with Gasteiger partial charge in [-0.05, 0) is 109 Å². The van der Waals surface area contributed by atoms with E-state index in [2.05, 4.69) is 111 Å². The lowest BCUT2D eigenvalue weighted by Crippen LogP contribution is -2.47. The minimum atomic E-state index is -4.71. The summed E-state index contributed by atoms with van der Waals surface area (Å²) in [5, 5.41) is 3.03. The van der Waals surface area contributed by atoms with Gasteiger partial charge in [-0.25, -0.2) is 0 Å². The van der Waals surface area contributed by atoms with Crippen LogP contribution in [0.4, 0.5) is 0 Å². The number of unbranched alkanes of at least 4 members (excludes halogenated alkanes) is 29. The number of carbonyl (C=O) groups excluding carboxylic acids is 2. The molecule has 0 saturated heterocycles. The second-order valence-corrected chi connectivity index (χ2v) is 24.6. The minimum absolute atomic E-state index is 0.0302. The number of carbonyl (C=O) groups is 2. The van der Waals surface area contributed by atoms with Crippen molar-refractivity contribution in [3.05, 3.63) is 97.2 Å². The molecule has 9 nitrogen and oxygen atoms in total. The fourth-order valence-electron chi connectivity index (χ4n) is 9.17. The van der Waals surface area contributed by atoms with Gasteiger partial charge >= 0.3 is 5.97 Å². The number of hydrogen-bond acceptors (Lipinski definition) is 7. The van der Waals surface area contributed by atoms with E-state index in [4.69, 9.17) is 13.8 Å². The summed E-state index contributed by atoms with van der Waals surface area (Å²) in [7, 11) is 1.16. The highest BCUT2D eigenvalue weighted by molar-refractivity contribution is 7.45. The molecule has 0 bridgehead atoms. The van der Waals surface area contributed by atoms with Gasteiger partial charge in [0.05, 0.1) is 33.8 Å². The van der Waals surface area contributed by atoms with Gasteiger partial charge in [0.1, 0.15) is 19.3 Å². The molecule has 80 heavy (non-hydrogen) atoms. The first-order valence-electron chi connectivity index (χ1n) is 33.0. The summed E-state index contributed by atoms with van der Waals surface area (Å²) < 4.78 is 30.4. The minimum Gasteiger partial charge on any atom is -0.756 e. The number of likely N-dealkylation sites (N-methyl/N-ethyl adjacent to an activating group) is 1. The zero-order valence-corrected chi connectivity index (χ0v) is 53.7. The smallest absolute Gasteiger partial charge is 0.306 e. The highest BCUT2D eigenvalue weighted by atomic mass is 31.2. The Hall–Kier alpha value is -3.07. The molecule has 0 heterocycles. The maximum absolute atomic E-state index is 13.5. The largest absolute Gasteiger partial charge is 0.756 e. The van der Waals surface area contributed by atoms with Crippen LogP contribution in [0.15, 0.2) is 97.2 Å². The molecule has 0 fully saturated rings. The van der Waals surface area contributed by atoms with Crippen LogP contribution in [-0.4, -0.2) is 69.4 Å². The van der Waals surface area contributed by atoms with Crippen LogP contribution in [0.5, 0.6) is 0 Å². The summed E-state index contributed by atoms with van der Waals surface area (Å²) in [5.41, 5.74) is 0. The predicted molar refractivity (Wildman–Crippen MR) is 344 cm³/mol. The molecule has 0 aliphatic rings. The van der Waals surface area contributed by atoms with Gasteiger partial charge in [0.2, 0.25) is 5.91 Å². The zero-order chi connectivity index (χ0) is 58.6.